The summed E-state index contributed by atoms with van der Waals surface area (Å²) >= 11 is 1.54. The van der Waals surface area contributed by atoms with Crippen LogP contribution in [0.4, 0.5) is 0 Å². The van der Waals surface area contributed by atoms with Gasteiger partial charge < -0.3 is 14.5 Å². The van der Waals surface area contributed by atoms with E-state index in [0.29, 0.717) is 38.7 Å². The van der Waals surface area contributed by atoms with Crippen molar-refractivity contribution in [2.24, 2.45) is 5.92 Å². The number of thiazole rings is 1. The third kappa shape index (κ3) is 3.95. The lowest BCUT2D eigenvalue weighted by Gasteiger charge is -2.26. The summed E-state index contributed by atoms with van der Waals surface area (Å²) in [7, 11) is 1.63. The zero-order valence-electron chi connectivity index (χ0n) is 14.1. The molecule has 1 atom stereocenters. The monoisotopic (exact) mass is 351 g/mol. The molecule has 3 rings (SSSR count). The molecule has 1 saturated carbocycles. The molecule has 0 aromatic carbocycles. The molecular weight excluding hydrogens is 326 g/mol. The van der Waals surface area contributed by atoms with Crippen molar-refractivity contribution >= 4 is 23.2 Å². The Labute approximate surface area is 146 Å². The highest BCUT2D eigenvalue weighted by Crippen LogP contribution is 2.30. The number of aromatic nitrogens is 1. The van der Waals surface area contributed by atoms with E-state index in [1.807, 2.05) is 10.3 Å². The van der Waals surface area contributed by atoms with Crippen LogP contribution < -0.4 is 0 Å². The smallest absolute Gasteiger partial charge is 0.228 e. The van der Waals surface area contributed by atoms with Gasteiger partial charge in [0, 0.05) is 44.2 Å². The molecule has 24 heavy (non-hydrogen) atoms. The molecule has 2 heterocycles. The van der Waals surface area contributed by atoms with Crippen molar-refractivity contribution in [2.45, 2.75) is 44.7 Å². The molecule has 1 aromatic rings. The number of likely N-dealkylation sites (tertiary alicyclic amines) is 1. The van der Waals surface area contributed by atoms with Crippen LogP contribution in [0.3, 0.4) is 0 Å². The second kappa shape index (κ2) is 8.07. The fourth-order valence-electron chi connectivity index (χ4n) is 3.69. The van der Waals surface area contributed by atoms with Crippen LogP contribution in [-0.4, -0.2) is 59.4 Å². The van der Waals surface area contributed by atoms with Gasteiger partial charge in [-0.1, -0.05) is 12.8 Å². The molecule has 1 aliphatic carbocycles. The lowest BCUT2D eigenvalue weighted by atomic mass is 10.1. The Bertz CT molecular complexity index is 557. The standard InChI is InChI=1S/C17H25N3O3S/c1-23-8-7-19(12-15-18-6-9-24-15)17(22)13-10-16(21)20(11-13)14-4-2-3-5-14/h6,9,13-14H,2-5,7-8,10-12H2,1H3/t13-/m0/s1. The van der Waals surface area contributed by atoms with Crippen LogP contribution in [0.15, 0.2) is 11.6 Å². The van der Waals surface area contributed by atoms with Gasteiger partial charge in [0.1, 0.15) is 5.01 Å². The number of carbonyl (C=O) groups excluding carboxylic acids is 2. The van der Waals surface area contributed by atoms with Gasteiger partial charge in [0.05, 0.1) is 19.1 Å². The van der Waals surface area contributed by atoms with E-state index >= 15 is 0 Å². The first-order valence-corrected chi connectivity index (χ1v) is 9.52. The Morgan fingerprint density at radius 2 is 2.25 bits per heavy atom. The molecule has 7 heteroatoms. The van der Waals surface area contributed by atoms with Crippen molar-refractivity contribution in [1.29, 1.82) is 0 Å². The van der Waals surface area contributed by atoms with Crippen LogP contribution in [0.5, 0.6) is 0 Å². The van der Waals surface area contributed by atoms with Crippen LogP contribution in [0.1, 0.15) is 37.1 Å². The topological polar surface area (TPSA) is 62.7 Å². The van der Waals surface area contributed by atoms with E-state index in [0.717, 1.165) is 17.8 Å². The predicted octanol–water partition coefficient (Wildman–Crippen LogP) is 1.91. The van der Waals surface area contributed by atoms with Gasteiger partial charge in [0.15, 0.2) is 0 Å². The Kier molecular flexibility index (Phi) is 5.84. The van der Waals surface area contributed by atoms with Gasteiger partial charge in [-0.3, -0.25) is 9.59 Å². The molecule has 0 bridgehead atoms. The minimum Gasteiger partial charge on any atom is -0.383 e. The predicted molar refractivity (Wildman–Crippen MR) is 91.5 cm³/mol. The molecule has 0 unspecified atom stereocenters. The van der Waals surface area contributed by atoms with Crippen LogP contribution in [-0.2, 0) is 20.9 Å². The Balaban J connectivity index is 1.64. The summed E-state index contributed by atoms with van der Waals surface area (Å²) in [6.45, 7) is 2.09. The van der Waals surface area contributed by atoms with E-state index in [1.165, 1.54) is 12.8 Å². The summed E-state index contributed by atoms with van der Waals surface area (Å²) in [5, 5.41) is 2.83. The van der Waals surface area contributed by atoms with Gasteiger partial charge in [-0.05, 0) is 12.8 Å². The zero-order valence-corrected chi connectivity index (χ0v) is 15.0. The average Bonchev–Trinajstić information content (AvgIpc) is 3.31. The molecule has 132 valence electrons. The second-order valence-electron chi connectivity index (χ2n) is 6.56. The van der Waals surface area contributed by atoms with Gasteiger partial charge in [-0.15, -0.1) is 11.3 Å². The molecule has 0 spiro atoms. The van der Waals surface area contributed by atoms with Crippen molar-refractivity contribution in [2.75, 3.05) is 26.8 Å². The van der Waals surface area contributed by atoms with Gasteiger partial charge >= 0.3 is 0 Å². The molecule has 2 aliphatic rings. The fraction of sp³-hybridized carbons (Fsp3) is 0.706. The van der Waals surface area contributed by atoms with Crippen molar-refractivity contribution in [3.63, 3.8) is 0 Å². The Hall–Kier alpha value is -1.47. The van der Waals surface area contributed by atoms with Crippen molar-refractivity contribution in [3.8, 4) is 0 Å². The third-order valence-electron chi connectivity index (χ3n) is 4.96. The fourth-order valence-corrected chi connectivity index (χ4v) is 4.32. The van der Waals surface area contributed by atoms with Crippen molar-refractivity contribution < 1.29 is 14.3 Å². The molecular formula is C17H25N3O3S. The van der Waals surface area contributed by atoms with E-state index < -0.39 is 0 Å². The van der Waals surface area contributed by atoms with Gasteiger partial charge in [0.2, 0.25) is 11.8 Å². The number of rotatable bonds is 7. The van der Waals surface area contributed by atoms with Gasteiger partial charge in [0.25, 0.3) is 0 Å². The number of ether oxygens (including phenoxy) is 1. The summed E-state index contributed by atoms with van der Waals surface area (Å²) in [4.78, 5) is 33.3. The van der Waals surface area contributed by atoms with Crippen LogP contribution in [0.25, 0.3) is 0 Å². The third-order valence-corrected chi connectivity index (χ3v) is 5.72. The number of hydrogen-bond acceptors (Lipinski definition) is 5. The summed E-state index contributed by atoms with van der Waals surface area (Å²) in [5.74, 6) is -0.0350. The maximum atomic E-state index is 13.0. The first kappa shape index (κ1) is 17.4. The van der Waals surface area contributed by atoms with E-state index in [9.17, 15) is 9.59 Å². The van der Waals surface area contributed by atoms with E-state index in [-0.39, 0.29) is 17.7 Å². The normalized spacial score (nSPS) is 21.6. The van der Waals surface area contributed by atoms with Crippen LogP contribution in [0.2, 0.25) is 0 Å². The van der Waals surface area contributed by atoms with Crippen LogP contribution >= 0.6 is 11.3 Å². The van der Waals surface area contributed by atoms with Crippen molar-refractivity contribution in [3.05, 3.63) is 16.6 Å². The first-order valence-electron chi connectivity index (χ1n) is 8.64. The number of carbonyl (C=O) groups is 2. The summed E-state index contributed by atoms with van der Waals surface area (Å²) < 4.78 is 5.14. The Morgan fingerprint density at radius 1 is 1.46 bits per heavy atom. The summed E-state index contributed by atoms with van der Waals surface area (Å²) in [6, 6.07) is 0.349. The molecule has 2 amide bonds. The molecule has 0 radical (unpaired) electrons. The highest BCUT2D eigenvalue weighted by Gasteiger charge is 2.40. The number of methoxy groups -OCH3 is 1. The van der Waals surface area contributed by atoms with E-state index in [2.05, 4.69) is 4.98 Å². The maximum absolute atomic E-state index is 13.0. The lowest BCUT2D eigenvalue weighted by Crippen LogP contribution is -2.40. The molecule has 1 aliphatic heterocycles. The first-order chi connectivity index (χ1) is 11.7. The van der Waals surface area contributed by atoms with E-state index in [4.69, 9.17) is 4.74 Å². The number of amides is 2. The number of hydrogen-bond donors (Lipinski definition) is 0. The highest BCUT2D eigenvalue weighted by molar-refractivity contribution is 7.09. The summed E-state index contributed by atoms with van der Waals surface area (Å²) in [6.07, 6.45) is 6.64. The minimum absolute atomic E-state index is 0.0519. The minimum atomic E-state index is -0.227. The SMILES string of the molecule is COCCN(Cc1nccs1)C(=O)[C@H]1CC(=O)N(C2CCCC2)C1. The van der Waals surface area contributed by atoms with Gasteiger partial charge in [-0.2, -0.15) is 0 Å². The largest absolute Gasteiger partial charge is 0.383 e. The second-order valence-corrected chi connectivity index (χ2v) is 7.54. The lowest BCUT2D eigenvalue weighted by molar-refractivity contribution is -0.137. The van der Waals surface area contributed by atoms with Crippen molar-refractivity contribution in [1.82, 2.24) is 14.8 Å². The quantitative estimate of drug-likeness (QED) is 0.753. The maximum Gasteiger partial charge on any atom is 0.228 e. The number of nitrogens with zero attached hydrogens (tertiary/aromatic N) is 3. The summed E-state index contributed by atoms with van der Waals surface area (Å²) in [5.41, 5.74) is 0. The molecule has 0 N–H and O–H groups in total. The zero-order chi connectivity index (χ0) is 16.9. The molecule has 1 aromatic heterocycles. The van der Waals surface area contributed by atoms with Crippen LogP contribution in [0, 0.1) is 5.92 Å². The average molecular weight is 351 g/mol. The Morgan fingerprint density at radius 3 is 2.92 bits per heavy atom. The van der Waals surface area contributed by atoms with Gasteiger partial charge in [-0.25, -0.2) is 4.98 Å². The molecule has 2 fully saturated rings. The molecule has 6 nitrogen and oxygen atoms in total. The van der Waals surface area contributed by atoms with E-state index in [1.54, 1.807) is 29.5 Å². The highest BCUT2D eigenvalue weighted by atomic mass is 32.1. The molecule has 1 saturated heterocycles.